The number of nitrogens with one attached hydrogen (secondary N) is 1. The molecule has 2 aliphatic rings. The summed E-state index contributed by atoms with van der Waals surface area (Å²) in [6, 6.07) is 14.9. The lowest BCUT2D eigenvalue weighted by Crippen LogP contribution is -2.46. The van der Waals surface area contributed by atoms with Crippen LogP contribution in [0.1, 0.15) is 80.8 Å². The molecule has 6 heteroatoms. The summed E-state index contributed by atoms with van der Waals surface area (Å²) in [4.78, 5) is 17.0. The van der Waals surface area contributed by atoms with Gasteiger partial charge in [0.2, 0.25) is 0 Å². The molecule has 4 rings (SSSR count). The zero-order valence-corrected chi connectivity index (χ0v) is 22.9. The molecule has 1 heterocycles. The zero-order valence-electron chi connectivity index (χ0n) is 22.1. The summed E-state index contributed by atoms with van der Waals surface area (Å²) in [5.74, 6) is 0.302. The van der Waals surface area contributed by atoms with Crippen LogP contribution in [-0.4, -0.2) is 41.7 Å². The second-order valence-corrected chi connectivity index (χ2v) is 10.6. The molecule has 194 valence electrons. The Balaban J connectivity index is 1.53. The van der Waals surface area contributed by atoms with E-state index in [1.807, 2.05) is 19.1 Å². The minimum atomic E-state index is -0.297. The Labute approximate surface area is 222 Å². The third kappa shape index (κ3) is 6.39. The number of hydrogen-bond donors (Lipinski definition) is 1. The van der Waals surface area contributed by atoms with E-state index in [1.165, 1.54) is 55.3 Å². The van der Waals surface area contributed by atoms with Crippen molar-refractivity contribution in [2.24, 2.45) is 5.92 Å². The van der Waals surface area contributed by atoms with Gasteiger partial charge in [-0.3, -0.25) is 0 Å². The summed E-state index contributed by atoms with van der Waals surface area (Å²) in [5.41, 5.74) is 5.65. The molecule has 5 nitrogen and oxygen atoms in total. The first-order valence-corrected chi connectivity index (χ1v) is 14.1. The van der Waals surface area contributed by atoms with Crippen molar-refractivity contribution < 1.29 is 9.53 Å². The Morgan fingerprint density at radius 1 is 1.11 bits per heavy atom. The van der Waals surface area contributed by atoms with Crippen molar-refractivity contribution in [2.45, 2.75) is 78.3 Å². The Bertz CT molecular complexity index is 1040. The summed E-state index contributed by atoms with van der Waals surface area (Å²) in [5, 5.41) is 4.21. The molecule has 2 atom stereocenters. The van der Waals surface area contributed by atoms with Gasteiger partial charge in [-0.25, -0.2) is 4.79 Å². The van der Waals surface area contributed by atoms with E-state index in [-0.39, 0.29) is 5.97 Å². The largest absolute Gasteiger partial charge is 0.462 e. The molecule has 0 radical (unpaired) electrons. The fraction of sp³-hybridized carbons (Fsp3) is 0.533. The average Bonchev–Trinajstić information content (AvgIpc) is 2.88. The maximum Gasteiger partial charge on any atom is 0.338 e. The first kappa shape index (κ1) is 26.5. The molecular weight excluding hydrogens is 466 g/mol. The topological polar surface area (TPSA) is 44.8 Å². The second kappa shape index (κ2) is 12.6. The number of nitrogens with zero attached hydrogens (tertiary/aromatic N) is 2. The predicted octanol–water partition coefficient (Wildman–Crippen LogP) is 6.80. The lowest BCUT2D eigenvalue weighted by Gasteiger charge is -2.40. The summed E-state index contributed by atoms with van der Waals surface area (Å²) in [6.45, 7) is 9.90. The van der Waals surface area contributed by atoms with Gasteiger partial charge in [0.1, 0.15) is 0 Å². The Kier molecular flexibility index (Phi) is 9.24. The van der Waals surface area contributed by atoms with Crippen LogP contribution in [0.15, 0.2) is 42.5 Å². The van der Waals surface area contributed by atoms with Gasteiger partial charge in [-0.1, -0.05) is 38.8 Å². The molecule has 0 bridgehead atoms. The van der Waals surface area contributed by atoms with E-state index in [2.05, 4.69) is 47.2 Å². The molecule has 1 aliphatic heterocycles. The molecule has 36 heavy (non-hydrogen) atoms. The molecule has 0 unspecified atom stereocenters. The lowest BCUT2D eigenvalue weighted by molar-refractivity contribution is 0.0526. The first-order valence-electron chi connectivity index (χ1n) is 13.7. The van der Waals surface area contributed by atoms with Crippen LogP contribution < -0.4 is 10.2 Å². The summed E-state index contributed by atoms with van der Waals surface area (Å²) >= 11 is 6.01. The van der Waals surface area contributed by atoms with Gasteiger partial charge < -0.3 is 19.9 Å². The highest BCUT2D eigenvalue weighted by Crippen LogP contribution is 2.32. The molecule has 2 aromatic rings. The van der Waals surface area contributed by atoms with Crippen LogP contribution in [0, 0.1) is 5.92 Å². The number of benzene rings is 2. The van der Waals surface area contributed by atoms with Gasteiger partial charge in [-0.05, 0) is 98.6 Å². The van der Waals surface area contributed by atoms with Crippen LogP contribution in [0.5, 0.6) is 0 Å². The summed E-state index contributed by atoms with van der Waals surface area (Å²) in [6.07, 6.45) is 8.51. The molecule has 1 saturated carbocycles. The van der Waals surface area contributed by atoms with Crippen LogP contribution in [0.25, 0.3) is 0 Å². The summed E-state index contributed by atoms with van der Waals surface area (Å²) in [7, 11) is 0. The zero-order chi connectivity index (χ0) is 25.5. The van der Waals surface area contributed by atoms with E-state index < -0.39 is 0 Å². The third-order valence-corrected chi connectivity index (χ3v) is 7.92. The average molecular weight is 508 g/mol. The molecule has 0 spiro atoms. The van der Waals surface area contributed by atoms with E-state index in [0.717, 1.165) is 36.9 Å². The molecule has 0 saturated heterocycles. The molecule has 1 N–H and O–H groups in total. The number of hydrogen-bond acceptors (Lipinski definition) is 4. The number of carbonyl (C=O) groups is 1. The highest BCUT2D eigenvalue weighted by atomic mass is 32.1. The van der Waals surface area contributed by atoms with Gasteiger partial charge in [0.15, 0.2) is 5.11 Å². The normalized spacial score (nSPS) is 19.4. The van der Waals surface area contributed by atoms with Gasteiger partial charge in [0.05, 0.1) is 12.2 Å². The van der Waals surface area contributed by atoms with Crippen LogP contribution in [-0.2, 0) is 17.7 Å². The number of rotatable bonds is 8. The van der Waals surface area contributed by atoms with E-state index >= 15 is 0 Å². The second-order valence-electron chi connectivity index (χ2n) is 10.2. The lowest BCUT2D eigenvalue weighted by atomic mass is 9.84. The van der Waals surface area contributed by atoms with E-state index in [9.17, 15) is 4.79 Å². The Hall–Kier alpha value is -2.60. The number of carbonyl (C=O) groups excluding carboxylic acids is 1. The van der Waals surface area contributed by atoms with E-state index in [1.54, 1.807) is 12.1 Å². The van der Waals surface area contributed by atoms with E-state index in [0.29, 0.717) is 24.1 Å². The first-order chi connectivity index (χ1) is 17.5. The van der Waals surface area contributed by atoms with Crippen molar-refractivity contribution in [3.63, 3.8) is 0 Å². The van der Waals surface area contributed by atoms with Gasteiger partial charge in [-0.2, -0.15) is 0 Å². The molecule has 0 amide bonds. The van der Waals surface area contributed by atoms with E-state index in [4.69, 9.17) is 17.0 Å². The number of fused-ring (bicyclic) bond motifs is 1. The Morgan fingerprint density at radius 3 is 2.61 bits per heavy atom. The van der Waals surface area contributed by atoms with Crippen molar-refractivity contribution in [3.8, 4) is 0 Å². The van der Waals surface area contributed by atoms with Crippen LogP contribution in [0.4, 0.5) is 11.4 Å². The minimum Gasteiger partial charge on any atom is -0.462 e. The standard InChI is InChI=1S/C30H41N3O2S/c1-4-18-32-19-8-10-25-20-23(12-17-28(25)32)21-33(27-11-7-6-9-22(27)3)30(36)31-26-15-13-24(14-16-26)29(34)35-5-2/h12-17,20,22,27H,4-11,18-19,21H2,1-3H3,(H,31,36)/t22-,27-/m1/s1. The van der Waals surface area contributed by atoms with Gasteiger partial charge in [0.25, 0.3) is 0 Å². The third-order valence-electron chi connectivity index (χ3n) is 7.58. The van der Waals surface area contributed by atoms with Gasteiger partial charge in [-0.15, -0.1) is 0 Å². The van der Waals surface area contributed by atoms with Crippen molar-refractivity contribution in [2.75, 3.05) is 29.9 Å². The molecular formula is C30H41N3O2S. The van der Waals surface area contributed by atoms with Crippen LogP contribution in [0.2, 0.25) is 0 Å². The number of aryl methyl sites for hydroxylation is 1. The minimum absolute atomic E-state index is 0.297. The van der Waals surface area contributed by atoms with Crippen molar-refractivity contribution in [1.29, 1.82) is 0 Å². The SMILES string of the molecule is CCCN1CCCc2cc(CN(C(=S)Nc3ccc(C(=O)OCC)cc3)[C@@H]3CCCC[C@H]3C)ccc21. The number of esters is 1. The monoisotopic (exact) mass is 507 g/mol. The van der Waals surface area contributed by atoms with Crippen molar-refractivity contribution in [1.82, 2.24) is 4.90 Å². The number of anilines is 2. The quantitative estimate of drug-likeness (QED) is 0.313. The fourth-order valence-electron chi connectivity index (χ4n) is 5.72. The molecule has 1 fully saturated rings. The number of ether oxygens (including phenoxy) is 1. The highest BCUT2D eigenvalue weighted by molar-refractivity contribution is 7.80. The maximum absolute atomic E-state index is 12.0. The van der Waals surface area contributed by atoms with Crippen molar-refractivity contribution >= 4 is 34.7 Å². The van der Waals surface area contributed by atoms with Gasteiger partial charge in [0, 0.05) is 37.1 Å². The molecule has 1 aliphatic carbocycles. The highest BCUT2D eigenvalue weighted by Gasteiger charge is 2.29. The Morgan fingerprint density at radius 2 is 1.89 bits per heavy atom. The summed E-state index contributed by atoms with van der Waals surface area (Å²) < 4.78 is 5.11. The van der Waals surface area contributed by atoms with Crippen molar-refractivity contribution in [3.05, 3.63) is 59.2 Å². The fourth-order valence-corrected chi connectivity index (χ4v) is 6.04. The van der Waals surface area contributed by atoms with Crippen LogP contribution in [0.3, 0.4) is 0 Å². The number of thiocarbonyl (C=S) groups is 1. The molecule has 2 aromatic carbocycles. The maximum atomic E-state index is 12.0. The van der Waals surface area contributed by atoms with Gasteiger partial charge >= 0.3 is 5.97 Å². The van der Waals surface area contributed by atoms with Crippen LogP contribution >= 0.6 is 12.2 Å². The predicted molar refractivity (Wildman–Crippen MR) is 153 cm³/mol. The molecule has 0 aromatic heterocycles. The smallest absolute Gasteiger partial charge is 0.338 e.